The van der Waals surface area contributed by atoms with E-state index in [1.165, 1.54) is 4.90 Å². The van der Waals surface area contributed by atoms with Gasteiger partial charge >= 0.3 is 14.7 Å². The van der Waals surface area contributed by atoms with Gasteiger partial charge in [0.15, 0.2) is 0 Å². The number of amides is 2. The van der Waals surface area contributed by atoms with Crippen molar-refractivity contribution < 1.29 is 23.5 Å². The first kappa shape index (κ1) is 13.6. The van der Waals surface area contributed by atoms with Crippen molar-refractivity contribution in [2.24, 2.45) is 0 Å². The van der Waals surface area contributed by atoms with Crippen LogP contribution in [-0.2, 0) is 0 Å². The molecule has 12 heavy (non-hydrogen) atoms. The summed E-state index contributed by atoms with van der Waals surface area (Å²) in [4.78, 5) is 11.8. The molecule has 74 valence electrons. The van der Waals surface area contributed by atoms with Crippen molar-refractivity contribution in [3.63, 3.8) is 0 Å². The Morgan fingerprint density at radius 1 is 1.33 bits per heavy atom. The van der Waals surface area contributed by atoms with Gasteiger partial charge in [0.25, 0.3) is 0 Å². The second-order valence-corrected chi connectivity index (χ2v) is 1.94. The predicted octanol–water partition coefficient (Wildman–Crippen LogP) is 1.30. The zero-order valence-corrected chi connectivity index (χ0v) is 6.94. The fraction of sp³-hybridized carbons (Fsp3) is 0.750. The van der Waals surface area contributed by atoms with Gasteiger partial charge in [-0.3, -0.25) is 0 Å². The summed E-state index contributed by atoms with van der Waals surface area (Å²) >= 11 is 0. The lowest BCUT2D eigenvalue weighted by atomic mass is 10.3. The van der Waals surface area contributed by atoms with Crippen molar-refractivity contribution in [2.75, 3.05) is 21.1 Å². The Labute approximate surface area is 69.3 Å². The van der Waals surface area contributed by atoms with Crippen LogP contribution in [-0.4, -0.2) is 39.3 Å². The molecule has 0 aliphatic heterocycles. The molecule has 0 rings (SSSR count). The summed E-state index contributed by atoms with van der Waals surface area (Å²) in [5.41, 5.74) is 0. The lowest BCUT2D eigenvalue weighted by molar-refractivity contribution is 0.219. The normalized spacial score (nSPS) is 9.58. The summed E-state index contributed by atoms with van der Waals surface area (Å²) < 4.78 is 39.0. The number of hydrogen-bond donors (Lipinski definition) is 1. The number of hydrogen-bond acceptors (Lipinski definition) is 1. The van der Waals surface area contributed by atoms with Crippen molar-refractivity contribution in [1.29, 1.82) is 0 Å². The highest BCUT2D eigenvalue weighted by atomic mass is 19.5. The number of nitrogens with one attached hydrogen (secondary N) is 1. The summed E-state index contributed by atoms with van der Waals surface area (Å²) in [7, 11) is -1.01. The first-order chi connectivity index (χ1) is 5.18. The SMILES string of the molecule is CNC(=O)N(C)C.F[B-](F)(F)F.[H+]. The number of urea groups is 1. The molecule has 1 N–H and O–H groups in total. The van der Waals surface area contributed by atoms with Crippen molar-refractivity contribution >= 4 is 13.3 Å². The first-order valence-corrected chi connectivity index (χ1v) is 2.95. The Morgan fingerprint density at radius 2 is 1.58 bits per heavy atom. The van der Waals surface area contributed by atoms with Crippen LogP contribution in [0.15, 0.2) is 0 Å². The summed E-state index contributed by atoms with van der Waals surface area (Å²) in [5, 5.41) is 2.45. The fourth-order valence-electron chi connectivity index (χ4n) is 0.224. The summed E-state index contributed by atoms with van der Waals surface area (Å²) in [5.74, 6) is 0. The summed E-state index contributed by atoms with van der Waals surface area (Å²) in [6, 6.07) is -0.0694. The molecule has 0 saturated carbocycles. The van der Waals surface area contributed by atoms with E-state index >= 15 is 0 Å². The van der Waals surface area contributed by atoms with Gasteiger partial charge < -0.3 is 27.5 Å². The van der Waals surface area contributed by atoms with Gasteiger partial charge in [0.2, 0.25) is 0 Å². The van der Waals surface area contributed by atoms with Gasteiger partial charge in [-0.1, -0.05) is 0 Å². The molecule has 0 atom stereocenters. The number of rotatable bonds is 0. The van der Waals surface area contributed by atoms with Gasteiger partial charge in [-0.15, -0.1) is 0 Å². The van der Waals surface area contributed by atoms with Gasteiger partial charge in [0.05, 0.1) is 0 Å². The third-order valence-electron chi connectivity index (χ3n) is 0.620. The highest BCUT2D eigenvalue weighted by Crippen LogP contribution is 2.06. The molecule has 0 aromatic rings. The molecule has 0 saturated heterocycles. The topological polar surface area (TPSA) is 32.3 Å². The van der Waals surface area contributed by atoms with E-state index in [9.17, 15) is 22.1 Å². The molecule has 0 fully saturated rings. The molecule has 0 spiro atoms. The van der Waals surface area contributed by atoms with Crippen LogP contribution >= 0.6 is 0 Å². The van der Waals surface area contributed by atoms with Crippen LogP contribution in [0.4, 0.5) is 22.1 Å². The van der Waals surface area contributed by atoms with Crippen LogP contribution in [0.25, 0.3) is 0 Å². The van der Waals surface area contributed by atoms with E-state index in [-0.39, 0.29) is 7.46 Å². The predicted molar refractivity (Wildman–Crippen MR) is 39.4 cm³/mol. The molecule has 0 bridgehead atoms. The molecule has 2 amide bonds. The van der Waals surface area contributed by atoms with E-state index in [1.807, 2.05) is 0 Å². The fourth-order valence-corrected chi connectivity index (χ4v) is 0.224. The number of carbonyl (C=O) groups excluding carboxylic acids is 1. The van der Waals surface area contributed by atoms with Crippen LogP contribution in [0.1, 0.15) is 1.43 Å². The standard InChI is InChI=1S/C4H10N2O.BF4/c1-5-4(7)6(2)3;2-1(3,4)5/h1-3H3,(H,5,7);/q;-1/p+1. The van der Waals surface area contributed by atoms with Crippen LogP contribution in [0.2, 0.25) is 0 Å². The average Bonchev–Trinajstić information content (AvgIpc) is 1.82. The summed E-state index contributed by atoms with van der Waals surface area (Å²) in [6.45, 7) is 0. The zero-order valence-electron chi connectivity index (χ0n) is 7.94. The van der Waals surface area contributed by atoms with Gasteiger partial charge in [0.1, 0.15) is 0 Å². The van der Waals surface area contributed by atoms with Gasteiger partial charge in [0, 0.05) is 21.1 Å². The molecule has 0 heterocycles. The minimum absolute atomic E-state index is 0. The first-order valence-electron chi connectivity index (χ1n) is 2.95. The highest BCUT2D eigenvalue weighted by Gasteiger charge is 2.20. The van der Waals surface area contributed by atoms with E-state index in [0.29, 0.717) is 0 Å². The van der Waals surface area contributed by atoms with Gasteiger partial charge in [-0.2, -0.15) is 0 Å². The molecule has 8 heteroatoms. The minimum Gasteiger partial charge on any atom is -0.418 e. The molecule has 0 aromatic carbocycles. The monoisotopic (exact) mass is 190 g/mol. The maximum Gasteiger partial charge on any atom is 1.00 e. The molecule has 0 radical (unpaired) electrons. The number of carbonyl (C=O) groups is 1. The van der Waals surface area contributed by atoms with Crippen molar-refractivity contribution in [2.45, 2.75) is 0 Å². The largest absolute Gasteiger partial charge is 1.00 e. The van der Waals surface area contributed by atoms with Crippen LogP contribution in [0, 0.1) is 0 Å². The molecule has 0 aromatic heterocycles. The van der Waals surface area contributed by atoms with Crippen LogP contribution in [0.5, 0.6) is 0 Å². The highest BCUT2D eigenvalue weighted by molar-refractivity contribution is 6.50. The maximum atomic E-state index is 10.3. The van der Waals surface area contributed by atoms with E-state index < -0.39 is 7.25 Å². The molecule has 0 aliphatic carbocycles. The van der Waals surface area contributed by atoms with E-state index in [0.717, 1.165) is 0 Å². The Hall–Kier alpha value is -0.945. The van der Waals surface area contributed by atoms with Crippen molar-refractivity contribution in [3.05, 3.63) is 0 Å². The lowest BCUT2D eigenvalue weighted by Gasteiger charge is -2.06. The Kier molecular flexibility index (Phi) is 6.44. The number of halogens is 4. The molecular formula is C4H11BF4N2O. The minimum atomic E-state index is -6.00. The molecule has 0 unspecified atom stereocenters. The van der Waals surface area contributed by atoms with E-state index in [2.05, 4.69) is 5.32 Å². The van der Waals surface area contributed by atoms with Crippen LogP contribution in [0.3, 0.4) is 0 Å². The Balaban J connectivity index is -0.000000150. The second-order valence-electron chi connectivity index (χ2n) is 1.94. The lowest BCUT2D eigenvalue weighted by Crippen LogP contribution is -2.31. The van der Waals surface area contributed by atoms with E-state index in [1.54, 1.807) is 21.1 Å². The number of nitrogens with zero attached hydrogens (tertiary/aromatic N) is 1. The zero-order chi connectivity index (χ0) is 10.4. The van der Waals surface area contributed by atoms with Gasteiger partial charge in [-0.05, 0) is 0 Å². The van der Waals surface area contributed by atoms with E-state index in [4.69, 9.17) is 0 Å². The molecule has 0 aliphatic rings. The Bertz CT molecular complexity index is 137. The smallest absolute Gasteiger partial charge is 0.418 e. The average molecular weight is 190 g/mol. The molecular weight excluding hydrogens is 179 g/mol. The van der Waals surface area contributed by atoms with Crippen LogP contribution < -0.4 is 5.32 Å². The van der Waals surface area contributed by atoms with Gasteiger partial charge in [-0.25, -0.2) is 4.79 Å². The quantitative estimate of drug-likeness (QED) is 0.453. The van der Waals surface area contributed by atoms with Crippen molar-refractivity contribution in [3.8, 4) is 0 Å². The third-order valence-corrected chi connectivity index (χ3v) is 0.620. The third kappa shape index (κ3) is 23.0. The summed E-state index contributed by atoms with van der Waals surface area (Å²) in [6.07, 6.45) is 0. The van der Waals surface area contributed by atoms with Crippen molar-refractivity contribution in [1.82, 2.24) is 10.2 Å². The molecule has 3 nitrogen and oxygen atoms in total. The Morgan fingerprint density at radius 3 is 1.58 bits per heavy atom. The maximum absolute atomic E-state index is 10.3. The second kappa shape index (κ2) is 5.67.